The van der Waals surface area contributed by atoms with Gasteiger partial charge in [-0.05, 0) is 35.9 Å². The molecular weight excluding hydrogens is 260 g/mol. The van der Waals surface area contributed by atoms with Crippen LogP contribution in [-0.2, 0) is 10.2 Å². The van der Waals surface area contributed by atoms with Crippen LogP contribution in [0, 0.1) is 5.92 Å². The molecule has 0 aliphatic rings. The molecule has 0 saturated heterocycles. The lowest BCUT2D eigenvalue weighted by Crippen LogP contribution is -2.30. The van der Waals surface area contributed by atoms with Crippen molar-refractivity contribution in [1.82, 2.24) is 5.32 Å². The van der Waals surface area contributed by atoms with Gasteiger partial charge in [-0.1, -0.05) is 58.4 Å². The van der Waals surface area contributed by atoms with E-state index in [1.165, 1.54) is 5.56 Å². The molecule has 0 fully saturated rings. The summed E-state index contributed by atoms with van der Waals surface area (Å²) in [5, 5.41) is 3.06. The average Bonchev–Trinajstić information content (AvgIpc) is 2.43. The van der Waals surface area contributed by atoms with Gasteiger partial charge in [0.2, 0.25) is 5.91 Å². The number of nitrogens with two attached hydrogens (primary N) is 1. The SMILES string of the molecule is CCC(CN)CC(=O)NC(C)c1ccc(C(C)(C)C)cc1. The minimum Gasteiger partial charge on any atom is -0.350 e. The molecule has 3 N–H and O–H groups in total. The summed E-state index contributed by atoms with van der Waals surface area (Å²) in [6.45, 7) is 11.3. The lowest BCUT2D eigenvalue weighted by molar-refractivity contribution is -0.122. The second-order valence-electron chi connectivity index (χ2n) is 6.88. The lowest BCUT2D eigenvalue weighted by atomic mass is 9.86. The highest BCUT2D eigenvalue weighted by molar-refractivity contribution is 5.76. The molecule has 2 atom stereocenters. The number of amides is 1. The summed E-state index contributed by atoms with van der Waals surface area (Å²) in [7, 11) is 0. The standard InChI is InChI=1S/C18H30N2O/c1-6-14(12-19)11-17(21)20-13(2)15-7-9-16(10-8-15)18(3,4)5/h7-10,13-14H,6,11-12,19H2,1-5H3,(H,20,21). The van der Waals surface area contributed by atoms with Gasteiger partial charge in [-0.2, -0.15) is 0 Å². The van der Waals surface area contributed by atoms with Gasteiger partial charge in [-0.15, -0.1) is 0 Å². The first-order chi connectivity index (χ1) is 9.77. The molecule has 21 heavy (non-hydrogen) atoms. The molecule has 0 heterocycles. The van der Waals surface area contributed by atoms with Crippen LogP contribution >= 0.6 is 0 Å². The van der Waals surface area contributed by atoms with Crippen molar-refractivity contribution < 1.29 is 4.79 Å². The molecule has 3 nitrogen and oxygen atoms in total. The molecule has 0 aromatic heterocycles. The Balaban J connectivity index is 2.63. The number of carbonyl (C=O) groups is 1. The fourth-order valence-electron chi connectivity index (χ4n) is 2.31. The predicted molar refractivity (Wildman–Crippen MR) is 89.2 cm³/mol. The molecule has 1 rings (SSSR count). The van der Waals surface area contributed by atoms with Crippen LogP contribution < -0.4 is 11.1 Å². The summed E-state index contributed by atoms with van der Waals surface area (Å²) >= 11 is 0. The molecule has 2 unspecified atom stereocenters. The summed E-state index contributed by atoms with van der Waals surface area (Å²) in [5.74, 6) is 0.361. The van der Waals surface area contributed by atoms with Crippen LogP contribution in [0.1, 0.15) is 64.6 Å². The van der Waals surface area contributed by atoms with E-state index < -0.39 is 0 Å². The van der Waals surface area contributed by atoms with Crippen molar-refractivity contribution >= 4 is 5.91 Å². The third-order valence-corrected chi connectivity index (χ3v) is 4.04. The molecule has 1 aromatic carbocycles. The van der Waals surface area contributed by atoms with Gasteiger partial charge in [0.05, 0.1) is 6.04 Å². The summed E-state index contributed by atoms with van der Waals surface area (Å²) in [6.07, 6.45) is 1.45. The largest absolute Gasteiger partial charge is 0.350 e. The minimum absolute atomic E-state index is 0.0294. The molecule has 0 aliphatic carbocycles. The topological polar surface area (TPSA) is 55.1 Å². The van der Waals surface area contributed by atoms with E-state index in [1.54, 1.807) is 0 Å². The molecule has 0 radical (unpaired) electrons. The molecule has 1 aromatic rings. The van der Waals surface area contributed by atoms with E-state index in [9.17, 15) is 4.79 Å². The minimum atomic E-state index is 0.0294. The molecule has 0 bridgehead atoms. The van der Waals surface area contributed by atoms with Crippen molar-refractivity contribution in [3.8, 4) is 0 Å². The Morgan fingerprint density at radius 3 is 2.24 bits per heavy atom. The first kappa shape index (κ1) is 17.7. The molecule has 0 aliphatic heterocycles. The van der Waals surface area contributed by atoms with Crippen LogP contribution in [0.4, 0.5) is 0 Å². The highest BCUT2D eigenvalue weighted by Crippen LogP contribution is 2.24. The number of hydrogen-bond donors (Lipinski definition) is 2. The third kappa shape index (κ3) is 5.50. The second-order valence-corrected chi connectivity index (χ2v) is 6.88. The Morgan fingerprint density at radius 1 is 1.24 bits per heavy atom. The van der Waals surface area contributed by atoms with Crippen molar-refractivity contribution in [1.29, 1.82) is 0 Å². The van der Waals surface area contributed by atoms with Crippen LogP contribution in [0.3, 0.4) is 0 Å². The van der Waals surface area contributed by atoms with Crippen LogP contribution in [0.15, 0.2) is 24.3 Å². The zero-order valence-electron chi connectivity index (χ0n) is 14.1. The number of nitrogens with one attached hydrogen (secondary N) is 1. The molecule has 1 amide bonds. The maximum Gasteiger partial charge on any atom is 0.220 e. The van der Waals surface area contributed by atoms with E-state index >= 15 is 0 Å². The Hall–Kier alpha value is -1.35. The van der Waals surface area contributed by atoms with Crippen LogP contribution in [0.25, 0.3) is 0 Å². The highest BCUT2D eigenvalue weighted by Gasteiger charge is 2.16. The Morgan fingerprint density at radius 2 is 1.81 bits per heavy atom. The number of rotatable bonds is 6. The predicted octanol–water partition coefficient (Wildman–Crippen LogP) is 3.54. The van der Waals surface area contributed by atoms with Gasteiger partial charge in [0.25, 0.3) is 0 Å². The number of hydrogen-bond acceptors (Lipinski definition) is 2. The van der Waals surface area contributed by atoms with Crippen molar-refractivity contribution in [3.05, 3.63) is 35.4 Å². The van der Waals surface area contributed by atoms with Crippen molar-refractivity contribution in [3.63, 3.8) is 0 Å². The van der Waals surface area contributed by atoms with E-state index in [0.29, 0.717) is 13.0 Å². The van der Waals surface area contributed by atoms with Crippen molar-refractivity contribution in [2.45, 2.75) is 58.9 Å². The molecular formula is C18H30N2O. The zero-order chi connectivity index (χ0) is 16.0. The third-order valence-electron chi connectivity index (χ3n) is 4.04. The summed E-state index contributed by atoms with van der Waals surface area (Å²) in [6, 6.07) is 8.53. The van der Waals surface area contributed by atoms with Gasteiger partial charge >= 0.3 is 0 Å². The van der Waals surface area contributed by atoms with Crippen LogP contribution in [0.5, 0.6) is 0 Å². The number of benzene rings is 1. The van der Waals surface area contributed by atoms with E-state index in [4.69, 9.17) is 5.73 Å². The first-order valence-electron chi connectivity index (χ1n) is 7.87. The summed E-state index contributed by atoms with van der Waals surface area (Å²) < 4.78 is 0. The van der Waals surface area contributed by atoms with E-state index in [1.807, 2.05) is 6.92 Å². The normalized spacial score (nSPS) is 14.6. The monoisotopic (exact) mass is 290 g/mol. The maximum absolute atomic E-state index is 12.0. The Labute approximate surface area is 129 Å². The lowest BCUT2D eigenvalue weighted by Gasteiger charge is -2.21. The number of carbonyl (C=O) groups excluding carboxylic acids is 1. The van der Waals surface area contributed by atoms with Gasteiger partial charge in [-0.25, -0.2) is 0 Å². The maximum atomic E-state index is 12.0. The van der Waals surface area contributed by atoms with E-state index in [0.717, 1.165) is 12.0 Å². The van der Waals surface area contributed by atoms with E-state index in [2.05, 4.69) is 57.3 Å². The summed E-state index contributed by atoms with van der Waals surface area (Å²) in [4.78, 5) is 12.0. The Kier molecular flexibility index (Phi) is 6.41. The Bertz CT molecular complexity index is 441. The van der Waals surface area contributed by atoms with Gasteiger partial charge < -0.3 is 11.1 Å². The quantitative estimate of drug-likeness (QED) is 0.842. The second kappa shape index (κ2) is 7.60. The van der Waals surface area contributed by atoms with Crippen LogP contribution in [0.2, 0.25) is 0 Å². The molecule has 0 saturated carbocycles. The van der Waals surface area contributed by atoms with Crippen molar-refractivity contribution in [2.24, 2.45) is 11.7 Å². The molecule has 0 spiro atoms. The zero-order valence-corrected chi connectivity index (χ0v) is 14.1. The fraction of sp³-hybridized carbons (Fsp3) is 0.611. The smallest absolute Gasteiger partial charge is 0.220 e. The van der Waals surface area contributed by atoms with Gasteiger partial charge in [0, 0.05) is 6.42 Å². The van der Waals surface area contributed by atoms with E-state index in [-0.39, 0.29) is 23.3 Å². The molecule has 3 heteroatoms. The van der Waals surface area contributed by atoms with Crippen LogP contribution in [-0.4, -0.2) is 12.5 Å². The van der Waals surface area contributed by atoms with Gasteiger partial charge in [0.1, 0.15) is 0 Å². The van der Waals surface area contributed by atoms with Gasteiger partial charge in [0.15, 0.2) is 0 Å². The fourth-order valence-corrected chi connectivity index (χ4v) is 2.31. The molecule has 118 valence electrons. The first-order valence-corrected chi connectivity index (χ1v) is 7.87. The average molecular weight is 290 g/mol. The summed E-state index contributed by atoms with van der Waals surface area (Å²) in [5.41, 5.74) is 8.24. The highest BCUT2D eigenvalue weighted by atomic mass is 16.1. The van der Waals surface area contributed by atoms with Gasteiger partial charge in [-0.3, -0.25) is 4.79 Å². The van der Waals surface area contributed by atoms with Crippen molar-refractivity contribution in [2.75, 3.05) is 6.54 Å².